The van der Waals surface area contributed by atoms with Crippen molar-refractivity contribution in [1.82, 2.24) is 4.90 Å². The number of halogens is 1. The number of anilines is 1. The molecule has 2 rings (SSSR count). The average molecular weight is 262 g/mol. The van der Waals surface area contributed by atoms with Gasteiger partial charge in [-0.1, -0.05) is 0 Å². The van der Waals surface area contributed by atoms with Crippen LogP contribution in [0.3, 0.4) is 0 Å². The summed E-state index contributed by atoms with van der Waals surface area (Å²) in [7, 11) is 1.66. The van der Waals surface area contributed by atoms with Crippen molar-refractivity contribution in [3.05, 3.63) is 53.2 Å². The van der Waals surface area contributed by atoms with Crippen LogP contribution in [-0.4, -0.2) is 17.9 Å². The summed E-state index contributed by atoms with van der Waals surface area (Å²) in [6, 6.07) is 5.86. The molecule has 1 amide bonds. The number of furan rings is 1. The molecule has 1 aromatic carbocycles. The molecule has 0 aliphatic rings. The van der Waals surface area contributed by atoms with Crippen LogP contribution in [0.15, 0.2) is 34.9 Å². The molecule has 4 nitrogen and oxygen atoms in total. The highest BCUT2D eigenvalue weighted by Gasteiger charge is 2.15. The monoisotopic (exact) mass is 262 g/mol. The number of benzene rings is 1. The highest BCUT2D eigenvalue weighted by Crippen LogP contribution is 2.16. The number of rotatable bonds is 3. The SMILES string of the molecule is Cc1occc1CN(C)C(=O)c1ccc(N)c(F)c1. The first kappa shape index (κ1) is 13.1. The molecule has 0 aliphatic heterocycles. The van der Waals surface area contributed by atoms with Gasteiger partial charge in [-0.05, 0) is 31.2 Å². The van der Waals surface area contributed by atoms with Crippen molar-refractivity contribution >= 4 is 11.6 Å². The zero-order valence-corrected chi connectivity index (χ0v) is 10.8. The second-order valence-electron chi connectivity index (χ2n) is 4.40. The molecule has 0 saturated heterocycles. The summed E-state index contributed by atoms with van der Waals surface area (Å²) in [6.45, 7) is 2.24. The van der Waals surface area contributed by atoms with Crippen LogP contribution >= 0.6 is 0 Å². The number of carbonyl (C=O) groups excluding carboxylic acids is 1. The van der Waals surface area contributed by atoms with E-state index in [4.69, 9.17) is 10.2 Å². The Bertz CT molecular complexity index is 607. The smallest absolute Gasteiger partial charge is 0.254 e. The fourth-order valence-corrected chi connectivity index (χ4v) is 1.78. The molecule has 0 saturated carbocycles. The van der Waals surface area contributed by atoms with E-state index in [1.165, 1.54) is 17.0 Å². The molecule has 2 N–H and O–H groups in total. The van der Waals surface area contributed by atoms with Gasteiger partial charge in [-0.15, -0.1) is 0 Å². The van der Waals surface area contributed by atoms with E-state index in [0.29, 0.717) is 6.54 Å². The Morgan fingerprint density at radius 2 is 2.16 bits per heavy atom. The molecule has 0 unspecified atom stereocenters. The first-order valence-electron chi connectivity index (χ1n) is 5.82. The number of carbonyl (C=O) groups is 1. The predicted molar refractivity (Wildman–Crippen MR) is 70.1 cm³/mol. The Labute approximate surface area is 110 Å². The minimum absolute atomic E-state index is 0.0323. The number of amides is 1. The first-order valence-corrected chi connectivity index (χ1v) is 5.82. The summed E-state index contributed by atoms with van der Waals surface area (Å²) in [4.78, 5) is 13.6. The van der Waals surface area contributed by atoms with Gasteiger partial charge in [-0.2, -0.15) is 0 Å². The third kappa shape index (κ3) is 2.76. The highest BCUT2D eigenvalue weighted by atomic mass is 19.1. The van der Waals surface area contributed by atoms with Crippen LogP contribution < -0.4 is 5.73 Å². The van der Waals surface area contributed by atoms with E-state index in [-0.39, 0.29) is 17.2 Å². The van der Waals surface area contributed by atoms with Gasteiger partial charge in [0.05, 0.1) is 12.0 Å². The number of nitrogens with two attached hydrogens (primary N) is 1. The normalized spacial score (nSPS) is 10.5. The molecule has 0 aliphatic carbocycles. The molecule has 0 spiro atoms. The van der Waals surface area contributed by atoms with Crippen LogP contribution in [0.1, 0.15) is 21.7 Å². The fourth-order valence-electron chi connectivity index (χ4n) is 1.78. The van der Waals surface area contributed by atoms with Gasteiger partial charge >= 0.3 is 0 Å². The van der Waals surface area contributed by atoms with E-state index in [1.807, 2.05) is 13.0 Å². The summed E-state index contributed by atoms with van der Waals surface area (Å²) >= 11 is 0. The van der Waals surface area contributed by atoms with Crippen molar-refractivity contribution in [3.8, 4) is 0 Å². The summed E-state index contributed by atoms with van der Waals surface area (Å²) in [5, 5.41) is 0. The molecular formula is C14H15FN2O2. The van der Waals surface area contributed by atoms with E-state index in [9.17, 15) is 9.18 Å². The Hall–Kier alpha value is -2.30. The van der Waals surface area contributed by atoms with Gasteiger partial charge < -0.3 is 15.1 Å². The highest BCUT2D eigenvalue weighted by molar-refractivity contribution is 5.94. The van der Waals surface area contributed by atoms with Gasteiger partial charge in [0.1, 0.15) is 11.6 Å². The first-order chi connectivity index (χ1) is 8.99. The van der Waals surface area contributed by atoms with Crippen molar-refractivity contribution in [2.45, 2.75) is 13.5 Å². The second kappa shape index (κ2) is 5.14. The van der Waals surface area contributed by atoms with Crippen molar-refractivity contribution in [3.63, 3.8) is 0 Å². The fraction of sp³-hybridized carbons (Fsp3) is 0.214. The molecule has 0 bridgehead atoms. The topological polar surface area (TPSA) is 59.5 Å². The van der Waals surface area contributed by atoms with E-state index in [1.54, 1.807) is 13.3 Å². The Morgan fingerprint density at radius 3 is 2.74 bits per heavy atom. The number of aryl methyl sites for hydroxylation is 1. The van der Waals surface area contributed by atoms with Crippen LogP contribution in [0.4, 0.5) is 10.1 Å². The van der Waals surface area contributed by atoms with E-state index in [0.717, 1.165) is 17.4 Å². The van der Waals surface area contributed by atoms with Crippen LogP contribution in [0.5, 0.6) is 0 Å². The molecule has 5 heteroatoms. The third-order valence-electron chi connectivity index (χ3n) is 2.97. The second-order valence-corrected chi connectivity index (χ2v) is 4.40. The lowest BCUT2D eigenvalue weighted by Gasteiger charge is -2.17. The number of hydrogen-bond donors (Lipinski definition) is 1. The van der Waals surface area contributed by atoms with E-state index in [2.05, 4.69) is 0 Å². The van der Waals surface area contributed by atoms with E-state index < -0.39 is 5.82 Å². The summed E-state index contributed by atoms with van der Waals surface area (Å²) in [5.41, 5.74) is 6.61. The maximum Gasteiger partial charge on any atom is 0.254 e. The molecule has 19 heavy (non-hydrogen) atoms. The third-order valence-corrected chi connectivity index (χ3v) is 2.97. The minimum Gasteiger partial charge on any atom is -0.469 e. The molecule has 1 heterocycles. The Morgan fingerprint density at radius 1 is 1.42 bits per heavy atom. The molecule has 0 fully saturated rings. The maximum atomic E-state index is 13.3. The zero-order valence-electron chi connectivity index (χ0n) is 10.8. The lowest BCUT2D eigenvalue weighted by Crippen LogP contribution is -2.26. The minimum atomic E-state index is -0.584. The predicted octanol–water partition coefficient (Wildman–Crippen LogP) is 2.58. The molecule has 0 atom stereocenters. The van der Waals surface area contributed by atoms with Gasteiger partial charge in [0.15, 0.2) is 0 Å². The Kier molecular flexibility index (Phi) is 3.55. The van der Waals surface area contributed by atoms with Crippen LogP contribution in [0.2, 0.25) is 0 Å². The summed E-state index contributed by atoms with van der Waals surface area (Å²) in [6.07, 6.45) is 1.58. The molecule has 0 radical (unpaired) electrons. The van der Waals surface area contributed by atoms with Gasteiger partial charge in [-0.3, -0.25) is 4.79 Å². The van der Waals surface area contributed by atoms with Gasteiger partial charge in [0, 0.05) is 24.7 Å². The van der Waals surface area contributed by atoms with Crippen LogP contribution in [0.25, 0.3) is 0 Å². The van der Waals surface area contributed by atoms with Crippen molar-refractivity contribution < 1.29 is 13.6 Å². The van der Waals surface area contributed by atoms with Crippen LogP contribution in [0, 0.1) is 12.7 Å². The van der Waals surface area contributed by atoms with Gasteiger partial charge in [0.2, 0.25) is 0 Å². The van der Waals surface area contributed by atoms with Gasteiger partial charge in [0.25, 0.3) is 5.91 Å². The standard InChI is InChI=1S/C14H15FN2O2/c1-9-11(5-6-19-9)8-17(2)14(18)10-3-4-13(16)12(15)7-10/h3-7H,8,16H2,1-2H3. The van der Waals surface area contributed by atoms with Crippen molar-refractivity contribution in [2.24, 2.45) is 0 Å². The zero-order chi connectivity index (χ0) is 14.0. The van der Waals surface area contributed by atoms with E-state index >= 15 is 0 Å². The van der Waals surface area contributed by atoms with Crippen molar-refractivity contribution in [1.29, 1.82) is 0 Å². The summed E-state index contributed by atoms with van der Waals surface area (Å²) < 4.78 is 18.5. The molecule has 1 aromatic heterocycles. The molecular weight excluding hydrogens is 247 g/mol. The number of hydrogen-bond acceptors (Lipinski definition) is 3. The largest absolute Gasteiger partial charge is 0.469 e. The lowest BCUT2D eigenvalue weighted by molar-refractivity contribution is 0.0784. The lowest BCUT2D eigenvalue weighted by atomic mass is 10.1. The quantitative estimate of drug-likeness (QED) is 0.865. The van der Waals surface area contributed by atoms with Crippen LogP contribution in [-0.2, 0) is 6.54 Å². The average Bonchev–Trinajstić information content (AvgIpc) is 2.77. The number of nitrogen functional groups attached to an aromatic ring is 1. The molecule has 100 valence electrons. The number of nitrogens with zero attached hydrogens (tertiary/aromatic N) is 1. The van der Waals surface area contributed by atoms with Crippen molar-refractivity contribution in [2.75, 3.05) is 12.8 Å². The molecule has 2 aromatic rings. The maximum absolute atomic E-state index is 13.3. The summed E-state index contributed by atoms with van der Waals surface area (Å²) in [5.74, 6) is -0.0821. The van der Waals surface area contributed by atoms with Gasteiger partial charge in [-0.25, -0.2) is 4.39 Å². The Balaban J connectivity index is 2.15.